The fourth-order valence-electron chi connectivity index (χ4n) is 4.30. The summed E-state index contributed by atoms with van der Waals surface area (Å²) in [6.45, 7) is 0. The molecule has 2 saturated heterocycles. The van der Waals surface area contributed by atoms with E-state index in [0.29, 0.717) is 30.6 Å². The molecule has 2 heterocycles. The highest BCUT2D eigenvalue weighted by atomic mass is 35.5. The topological polar surface area (TPSA) is 71.5 Å². The average Bonchev–Trinajstić information content (AvgIpc) is 2.94. The zero-order valence-electron chi connectivity index (χ0n) is 14.5. The predicted molar refractivity (Wildman–Crippen MR) is 104 cm³/mol. The summed E-state index contributed by atoms with van der Waals surface area (Å²) < 4.78 is 53.9. The Hall–Kier alpha value is -1.41. The van der Waals surface area contributed by atoms with E-state index >= 15 is 0 Å². The van der Waals surface area contributed by atoms with Crippen molar-refractivity contribution in [1.82, 2.24) is 4.31 Å². The number of rotatable bonds is 4. The molecule has 0 unspecified atom stereocenters. The molecule has 0 spiro atoms. The number of sulfonamides is 1. The molecule has 0 saturated carbocycles. The van der Waals surface area contributed by atoms with Gasteiger partial charge in [-0.3, -0.25) is 0 Å². The molecule has 0 amide bonds. The fraction of sp³-hybridized carbons (Fsp3) is 0.368. The summed E-state index contributed by atoms with van der Waals surface area (Å²) in [7, 11) is -7.23. The lowest BCUT2D eigenvalue weighted by Crippen LogP contribution is -2.49. The summed E-state index contributed by atoms with van der Waals surface area (Å²) in [4.78, 5) is 0.393. The van der Waals surface area contributed by atoms with E-state index in [1.165, 1.54) is 10.4 Å². The molecule has 2 atom stereocenters. The Morgan fingerprint density at radius 1 is 0.815 bits per heavy atom. The van der Waals surface area contributed by atoms with Gasteiger partial charge in [-0.15, -0.1) is 0 Å². The molecule has 2 bridgehead atoms. The molecule has 27 heavy (non-hydrogen) atoms. The fourth-order valence-corrected chi connectivity index (χ4v) is 8.56. The van der Waals surface area contributed by atoms with Crippen LogP contribution >= 0.6 is 11.6 Å². The lowest BCUT2D eigenvalue weighted by atomic mass is 10.1. The highest BCUT2D eigenvalue weighted by Gasteiger charge is 2.50. The van der Waals surface area contributed by atoms with Crippen molar-refractivity contribution in [2.45, 2.75) is 52.8 Å². The number of hydrogen-bond donors (Lipinski definition) is 0. The van der Waals surface area contributed by atoms with Crippen LogP contribution in [-0.4, -0.2) is 38.5 Å². The molecule has 2 aromatic rings. The summed E-state index contributed by atoms with van der Waals surface area (Å²) in [5, 5.41) is -0.369. The molecule has 2 aromatic carbocycles. The Morgan fingerprint density at radius 3 is 1.96 bits per heavy atom. The van der Waals surface area contributed by atoms with E-state index in [4.69, 9.17) is 11.6 Å². The molecule has 0 aliphatic carbocycles. The van der Waals surface area contributed by atoms with Gasteiger partial charge in [0.1, 0.15) is 4.90 Å². The van der Waals surface area contributed by atoms with Gasteiger partial charge < -0.3 is 0 Å². The first-order chi connectivity index (χ1) is 12.8. The van der Waals surface area contributed by atoms with Crippen LogP contribution in [0.1, 0.15) is 25.7 Å². The van der Waals surface area contributed by atoms with Crippen molar-refractivity contribution in [3.8, 4) is 0 Å². The van der Waals surface area contributed by atoms with Gasteiger partial charge in [-0.25, -0.2) is 16.8 Å². The van der Waals surface area contributed by atoms with Crippen LogP contribution in [0.3, 0.4) is 0 Å². The number of fused-ring (bicyclic) bond motifs is 2. The Morgan fingerprint density at radius 2 is 1.37 bits per heavy atom. The van der Waals surface area contributed by atoms with Gasteiger partial charge in [0.05, 0.1) is 15.2 Å². The van der Waals surface area contributed by atoms with Gasteiger partial charge in [0.25, 0.3) is 0 Å². The monoisotopic (exact) mass is 425 g/mol. The first-order valence-corrected chi connectivity index (χ1v) is 12.3. The summed E-state index contributed by atoms with van der Waals surface area (Å²) in [6.07, 6.45) is 1.99. The first kappa shape index (κ1) is 18.9. The lowest BCUT2D eigenvalue weighted by Gasteiger charge is -2.37. The zero-order chi connectivity index (χ0) is 19.2. The van der Waals surface area contributed by atoms with Crippen LogP contribution in [0.5, 0.6) is 0 Å². The number of sulfone groups is 1. The molecule has 2 aliphatic heterocycles. The third-order valence-electron chi connectivity index (χ3n) is 5.53. The average molecular weight is 426 g/mol. The second-order valence-corrected chi connectivity index (χ2v) is 11.5. The maximum Gasteiger partial charge on any atom is 0.245 e. The molecule has 8 heteroatoms. The molecule has 5 nitrogen and oxygen atoms in total. The molecule has 4 rings (SSSR count). The summed E-state index contributed by atoms with van der Waals surface area (Å²) >= 11 is 6.12. The van der Waals surface area contributed by atoms with Crippen molar-refractivity contribution >= 4 is 31.5 Å². The number of piperidine rings is 1. The van der Waals surface area contributed by atoms with Gasteiger partial charge in [-0.1, -0.05) is 41.9 Å². The van der Waals surface area contributed by atoms with Crippen molar-refractivity contribution in [3.63, 3.8) is 0 Å². The van der Waals surface area contributed by atoms with Crippen LogP contribution in [0.25, 0.3) is 0 Å². The van der Waals surface area contributed by atoms with E-state index in [9.17, 15) is 16.8 Å². The normalized spacial score (nSPS) is 26.2. The zero-order valence-corrected chi connectivity index (χ0v) is 16.9. The van der Waals surface area contributed by atoms with Crippen LogP contribution in [0.15, 0.2) is 64.4 Å². The van der Waals surface area contributed by atoms with Gasteiger partial charge in [-0.2, -0.15) is 4.31 Å². The Kier molecular flexibility index (Phi) is 4.83. The van der Waals surface area contributed by atoms with Gasteiger partial charge in [0.2, 0.25) is 10.0 Å². The predicted octanol–water partition coefficient (Wildman–Crippen LogP) is 3.50. The minimum atomic E-state index is -3.76. The van der Waals surface area contributed by atoms with E-state index in [0.717, 1.165) is 0 Å². The smallest absolute Gasteiger partial charge is 0.223 e. The molecule has 0 N–H and O–H groups in total. The van der Waals surface area contributed by atoms with Crippen LogP contribution < -0.4 is 0 Å². The summed E-state index contributed by atoms with van der Waals surface area (Å²) in [5.41, 5.74) is 0. The summed E-state index contributed by atoms with van der Waals surface area (Å²) in [6, 6.07) is 14.2. The second kappa shape index (κ2) is 6.88. The van der Waals surface area contributed by atoms with Gasteiger partial charge >= 0.3 is 0 Å². The maximum atomic E-state index is 13.2. The molecule has 2 fully saturated rings. The van der Waals surface area contributed by atoms with Crippen molar-refractivity contribution in [2.24, 2.45) is 0 Å². The van der Waals surface area contributed by atoms with Crippen molar-refractivity contribution < 1.29 is 16.8 Å². The van der Waals surface area contributed by atoms with Crippen molar-refractivity contribution in [1.29, 1.82) is 0 Å². The minimum Gasteiger partial charge on any atom is -0.223 e. The van der Waals surface area contributed by atoms with E-state index in [1.807, 2.05) is 0 Å². The summed E-state index contributed by atoms with van der Waals surface area (Å²) in [5.74, 6) is 0. The third kappa shape index (κ3) is 3.20. The van der Waals surface area contributed by atoms with Gasteiger partial charge in [-0.05, 0) is 49.9 Å². The number of nitrogens with zero attached hydrogens (tertiary/aromatic N) is 1. The van der Waals surface area contributed by atoms with Crippen LogP contribution in [0, 0.1) is 0 Å². The van der Waals surface area contributed by atoms with Crippen molar-refractivity contribution in [3.05, 3.63) is 59.6 Å². The van der Waals surface area contributed by atoms with Gasteiger partial charge in [0.15, 0.2) is 9.84 Å². The van der Waals surface area contributed by atoms with E-state index in [2.05, 4.69) is 0 Å². The number of halogens is 1. The molecule has 0 radical (unpaired) electrons. The van der Waals surface area contributed by atoms with Crippen molar-refractivity contribution in [2.75, 3.05) is 0 Å². The first-order valence-electron chi connectivity index (χ1n) is 8.89. The minimum absolute atomic E-state index is 0.0907. The van der Waals surface area contributed by atoms with Crippen LogP contribution in [-0.2, 0) is 19.9 Å². The largest absolute Gasteiger partial charge is 0.245 e. The standard InChI is InChI=1S/C19H20ClNO4S2/c20-18-8-4-5-9-19(18)27(24,25)21-14-10-11-15(21)13-17(12-14)26(22,23)16-6-2-1-3-7-16/h1-9,14-15,17H,10-13H2/t14-,15-/m0/s1. The van der Waals surface area contributed by atoms with Crippen LogP contribution in [0.4, 0.5) is 0 Å². The molecule has 144 valence electrons. The molecular formula is C19H20ClNO4S2. The van der Waals surface area contributed by atoms with E-state index in [1.54, 1.807) is 48.5 Å². The molecular weight excluding hydrogens is 406 g/mol. The Bertz CT molecular complexity index is 1040. The quantitative estimate of drug-likeness (QED) is 0.751. The Labute approximate surface area is 164 Å². The Balaban J connectivity index is 1.65. The highest BCUT2D eigenvalue weighted by molar-refractivity contribution is 7.92. The maximum absolute atomic E-state index is 13.2. The molecule has 0 aromatic heterocycles. The molecule has 2 aliphatic rings. The number of benzene rings is 2. The number of hydrogen-bond acceptors (Lipinski definition) is 4. The van der Waals surface area contributed by atoms with E-state index < -0.39 is 25.1 Å². The van der Waals surface area contributed by atoms with Gasteiger partial charge in [0, 0.05) is 12.1 Å². The SMILES string of the molecule is O=S(=O)(c1ccccc1)C1C[C@@H]2CC[C@@H](C1)N2S(=O)(=O)c1ccccc1Cl. The highest BCUT2D eigenvalue weighted by Crippen LogP contribution is 2.43. The third-order valence-corrected chi connectivity index (χ3v) is 10.2. The lowest BCUT2D eigenvalue weighted by molar-refractivity contribution is 0.249. The second-order valence-electron chi connectivity index (χ2n) is 7.10. The van der Waals surface area contributed by atoms with E-state index in [-0.39, 0.29) is 22.0 Å². The van der Waals surface area contributed by atoms with Crippen LogP contribution in [0.2, 0.25) is 5.02 Å².